The van der Waals surface area contributed by atoms with Crippen molar-refractivity contribution >= 4 is 66.9 Å². The summed E-state index contributed by atoms with van der Waals surface area (Å²) in [5.41, 5.74) is 0.900. The fraction of sp³-hybridized carbons (Fsp3) is 0.286. The van der Waals surface area contributed by atoms with Crippen LogP contribution in [0.5, 0.6) is 0 Å². The van der Waals surface area contributed by atoms with Crippen LogP contribution in [0.1, 0.15) is 0 Å². The molecule has 24 heavy (non-hydrogen) atoms. The number of thiocarbonyl (C=S) groups is 2. The highest BCUT2D eigenvalue weighted by Crippen LogP contribution is 2.12. The van der Waals surface area contributed by atoms with Gasteiger partial charge in [0.2, 0.25) is 9.60 Å². The molecule has 0 unspecified atom stereocenters. The number of hydrogen-bond donors (Lipinski definition) is 0. The van der Waals surface area contributed by atoms with E-state index in [0.717, 1.165) is 15.3 Å². The first kappa shape index (κ1) is 19.2. The zero-order valence-corrected chi connectivity index (χ0v) is 17.6. The van der Waals surface area contributed by atoms with Gasteiger partial charge in [-0.25, -0.2) is 0 Å². The van der Waals surface area contributed by atoms with Gasteiger partial charge in [-0.15, -0.1) is 0 Å². The Bertz CT molecular complexity index is 824. The molecule has 0 amide bonds. The van der Waals surface area contributed by atoms with Crippen molar-refractivity contribution in [1.82, 2.24) is 14.4 Å². The normalized spacial score (nSPS) is 12.4. The third-order valence-electron chi connectivity index (χ3n) is 2.81. The van der Waals surface area contributed by atoms with E-state index in [4.69, 9.17) is 36.0 Å². The second kappa shape index (κ2) is 8.30. The predicted octanol–water partition coefficient (Wildman–Crippen LogP) is 2.75. The van der Waals surface area contributed by atoms with E-state index in [2.05, 4.69) is 9.98 Å². The molecule has 0 atom stereocenters. The first-order valence-electron chi connectivity index (χ1n) is 6.79. The standard InChI is InChI=1S/C14H16ClN5S4/c1-18(2)11(21)16-13-20(10-7-5-9(15)6-8-10)14(24-23-13)17-12(22)19(3)4/h5-8H,1-4H3/b16-13-,17-14-. The molecule has 0 saturated heterocycles. The summed E-state index contributed by atoms with van der Waals surface area (Å²) in [6.07, 6.45) is 0. The first-order chi connectivity index (χ1) is 11.3. The number of rotatable bonds is 1. The topological polar surface area (TPSA) is 36.1 Å². The van der Waals surface area contributed by atoms with E-state index in [1.165, 1.54) is 20.7 Å². The van der Waals surface area contributed by atoms with E-state index in [0.29, 0.717) is 15.2 Å². The summed E-state index contributed by atoms with van der Waals surface area (Å²) >= 11 is 16.6. The van der Waals surface area contributed by atoms with Gasteiger partial charge in [-0.3, -0.25) is 4.57 Å². The molecule has 0 saturated carbocycles. The molecule has 0 aliphatic rings. The molecule has 5 nitrogen and oxygen atoms in total. The Hall–Kier alpha value is -1.13. The largest absolute Gasteiger partial charge is 0.353 e. The van der Waals surface area contributed by atoms with Crippen LogP contribution in [0, 0.1) is 0 Å². The van der Waals surface area contributed by atoms with Crippen LogP contribution in [-0.4, -0.2) is 52.8 Å². The van der Waals surface area contributed by atoms with Gasteiger partial charge >= 0.3 is 0 Å². The van der Waals surface area contributed by atoms with Crippen molar-refractivity contribution in [1.29, 1.82) is 0 Å². The van der Waals surface area contributed by atoms with Crippen LogP contribution >= 0.6 is 56.7 Å². The third kappa shape index (κ3) is 4.70. The van der Waals surface area contributed by atoms with Gasteiger partial charge in [-0.1, -0.05) is 11.6 Å². The van der Waals surface area contributed by atoms with Crippen LogP contribution in [0.15, 0.2) is 34.3 Å². The van der Waals surface area contributed by atoms with E-state index >= 15 is 0 Å². The smallest absolute Gasteiger partial charge is 0.209 e. The lowest BCUT2D eigenvalue weighted by molar-refractivity contribution is 0.624. The number of hydrogen-bond acceptors (Lipinski definition) is 4. The second-order valence-electron chi connectivity index (χ2n) is 5.12. The maximum atomic E-state index is 6.00. The van der Waals surface area contributed by atoms with Crippen LogP contribution in [-0.2, 0) is 0 Å². The lowest BCUT2D eigenvalue weighted by Gasteiger charge is -2.09. The molecule has 0 radical (unpaired) electrons. The summed E-state index contributed by atoms with van der Waals surface area (Å²) in [7, 11) is 10.4. The van der Waals surface area contributed by atoms with Crippen LogP contribution < -0.4 is 9.60 Å². The summed E-state index contributed by atoms with van der Waals surface area (Å²) < 4.78 is 1.93. The molecule has 1 heterocycles. The van der Waals surface area contributed by atoms with Crippen molar-refractivity contribution < 1.29 is 0 Å². The zero-order valence-electron chi connectivity index (χ0n) is 13.6. The molecule has 0 fully saturated rings. The van der Waals surface area contributed by atoms with E-state index in [9.17, 15) is 0 Å². The summed E-state index contributed by atoms with van der Waals surface area (Å²) in [5, 5.41) is 1.66. The summed E-state index contributed by atoms with van der Waals surface area (Å²) in [6.45, 7) is 0. The first-order valence-corrected chi connectivity index (χ1v) is 10.1. The van der Waals surface area contributed by atoms with Crippen molar-refractivity contribution in [2.24, 2.45) is 9.98 Å². The van der Waals surface area contributed by atoms with Gasteiger partial charge < -0.3 is 9.80 Å². The Labute approximate surface area is 163 Å². The van der Waals surface area contributed by atoms with Gasteiger partial charge in [0.1, 0.15) is 0 Å². The Morgan fingerprint density at radius 2 is 1.33 bits per heavy atom. The Morgan fingerprint density at radius 3 is 1.71 bits per heavy atom. The summed E-state index contributed by atoms with van der Waals surface area (Å²) in [5.74, 6) is 0. The molecule has 128 valence electrons. The Kier molecular flexibility index (Phi) is 6.64. The molecule has 2 aromatic rings. The summed E-state index contributed by atoms with van der Waals surface area (Å²) in [6, 6.07) is 7.48. The lowest BCUT2D eigenvalue weighted by Crippen LogP contribution is -2.29. The fourth-order valence-corrected chi connectivity index (χ4v) is 4.06. The van der Waals surface area contributed by atoms with Crippen LogP contribution in [0.4, 0.5) is 0 Å². The number of nitrogens with zero attached hydrogens (tertiary/aromatic N) is 5. The lowest BCUT2D eigenvalue weighted by atomic mass is 10.3. The second-order valence-corrected chi connectivity index (χ2v) is 8.35. The van der Waals surface area contributed by atoms with Crippen LogP contribution in [0.25, 0.3) is 5.69 Å². The van der Waals surface area contributed by atoms with Gasteiger partial charge in [-0.2, -0.15) is 9.98 Å². The number of halogens is 1. The summed E-state index contributed by atoms with van der Waals surface area (Å²) in [4.78, 5) is 14.1. The van der Waals surface area contributed by atoms with Crippen LogP contribution in [0.2, 0.25) is 5.02 Å². The van der Waals surface area contributed by atoms with E-state index < -0.39 is 0 Å². The highest BCUT2D eigenvalue weighted by molar-refractivity contribution is 7.80. The van der Waals surface area contributed by atoms with Gasteiger partial charge in [0.25, 0.3) is 0 Å². The highest BCUT2D eigenvalue weighted by atomic mass is 35.5. The minimum absolute atomic E-state index is 0.494. The van der Waals surface area contributed by atoms with Gasteiger partial charge in [0.05, 0.1) is 5.69 Å². The fourth-order valence-electron chi connectivity index (χ4n) is 1.54. The SMILES string of the molecule is CN(C)C(=S)/N=c1\ss/c(=N\C(=S)N(C)C)n1-c1ccc(Cl)cc1. The molecule has 0 aliphatic heterocycles. The van der Waals surface area contributed by atoms with E-state index in [-0.39, 0.29) is 0 Å². The Balaban J connectivity index is 2.71. The van der Waals surface area contributed by atoms with Crippen molar-refractivity contribution in [2.75, 3.05) is 28.2 Å². The van der Waals surface area contributed by atoms with E-state index in [1.54, 1.807) is 9.80 Å². The molecule has 1 aromatic carbocycles. The molecule has 0 N–H and O–H groups in total. The van der Waals surface area contributed by atoms with Crippen molar-refractivity contribution in [3.05, 3.63) is 38.9 Å². The Morgan fingerprint density at radius 1 is 0.917 bits per heavy atom. The number of benzene rings is 1. The molecule has 10 heteroatoms. The van der Waals surface area contributed by atoms with E-state index in [1.807, 2.05) is 57.0 Å². The van der Waals surface area contributed by atoms with Gasteiger partial charge in [0.15, 0.2) is 10.2 Å². The van der Waals surface area contributed by atoms with Crippen molar-refractivity contribution in [3.8, 4) is 5.69 Å². The monoisotopic (exact) mass is 417 g/mol. The maximum Gasteiger partial charge on any atom is 0.209 e. The minimum atomic E-state index is 0.494. The highest BCUT2D eigenvalue weighted by Gasteiger charge is 2.08. The molecular formula is C14H16ClN5S4. The molecule has 2 rings (SSSR count). The molecular weight excluding hydrogens is 402 g/mol. The van der Waals surface area contributed by atoms with Crippen LogP contribution in [0.3, 0.4) is 0 Å². The zero-order chi connectivity index (χ0) is 17.9. The predicted molar refractivity (Wildman–Crippen MR) is 110 cm³/mol. The van der Waals surface area contributed by atoms with Crippen molar-refractivity contribution in [3.63, 3.8) is 0 Å². The third-order valence-corrected chi connectivity index (χ3v) is 6.04. The molecule has 0 spiro atoms. The molecule has 1 aromatic heterocycles. The molecule has 0 bridgehead atoms. The number of aromatic nitrogens is 1. The quantitative estimate of drug-likeness (QED) is 0.528. The van der Waals surface area contributed by atoms with Crippen molar-refractivity contribution in [2.45, 2.75) is 0 Å². The molecule has 0 aliphatic carbocycles. The average Bonchev–Trinajstić information content (AvgIpc) is 2.90. The maximum absolute atomic E-state index is 6.00. The van der Waals surface area contributed by atoms with Gasteiger partial charge in [0, 0.05) is 33.2 Å². The average molecular weight is 418 g/mol. The van der Waals surface area contributed by atoms with Gasteiger partial charge in [-0.05, 0) is 69.4 Å². The minimum Gasteiger partial charge on any atom is -0.353 e.